The first kappa shape index (κ1) is 16.8. The first-order valence-corrected chi connectivity index (χ1v) is 8.14. The van der Waals surface area contributed by atoms with Gasteiger partial charge >= 0.3 is 6.03 Å². The minimum atomic E-state index is -0.137. The van der Waals surface area contributed by atoms with Crippen LogP contribution < -0.4 is 10.6 Å². The lowest BCUT2D eigenvalue weighted by atomic mass is 10.1. The molecule has 0 spiro atoms. The van der Waals surface area contributed by atoms with Crippen molar-refractivity contribution in [2.24, 2.45) is 5.92 Å². The summed E-state index contributed by atoms with van der Waals surface area (Å²) in [6.07, 6.45) is 2.35. The molecular formula is C17H27N3O2. The summed E-state index contributed by atoms with van der Waals surface area (Å²) in [6.45, 7) is 6.74. The fourth-order valence-corrected chi connectivity index (χ4v) is 2.96. The largest absolute Gasteiger partial charge is 0.392 e. The number of rotatable bonds is 7. The van der Waals surface area contributed by atoms with Crippen LogP contribution in [0, 0.1) is 5.92 Å². The van der Waals surface area contributed by atoms with Crippen molar-refractivity contribution in [3.63, 3.8) is 0 Å². The standard InChI is InChI=1S/C17H27N3O2/c1-2-8-20-9-7-14(12-20)10-18-17(22)19-11-15-5-3-4-6-16(15)13-21/h3-6,14,21H,2,7-13H2,1H3,(H2,18,19,22). The lowest BCUT2D eigenvalue weighted by Crippen LogP contribution is -2.38. The van der Waals surface area contributed by atoms with Gasteiger partial charge in [0, 0.05) is 19.6 Å². The molecule has 1 unspecified atom stereocenters. The highest BCUT2D eigenvalue weighted by Gasteiger charge is 2.21. The zero-order valence-corrected chi connectivity index (χ0v) is 13.3. The second-order valence-electron chi connectivity index (χ2n) is 5.95. The SMILES string of the molecule is CCCN1CCC(CNC(=O)NCc2ccccc2CO)C1. The summed E-state index contributed by atoms with van der Waals surface area (Å²) in [4.78, 5) is 14.3. The molecule has 22 heavy (non-hydrogen) atoms. The molecule has 0 radical (unpaired) electrons. The van der Waals surface area contributed by atoms with Crippen molar-refractivity contribution < 1.29 is 9.90 Å². The number of hydrogen-bond donors (Lipinski definition) is 3. The summed E-state index contributed by atoms with van der Waals surface area (Å²) < 4.78 is 0. The predicted octanol–water partition coefficient (Wildman–Crippen LogP) is 1.71. The Bertz CT molecular complexity index is 479. The highest BCUT2D eigenvalue weighted by Crippen LogP contribution is 2.15. The fourth-order valence-electron chi connectivity index (χ4n) is 2.96. The Morgan fingerprint density at radius 3 is 2.82 bits per heavy atom. The van der Waals surface area contributed by atoms with Crippen molar-refractivity contribution in [3.05, 3.63) is 35.4 Å². The van der Waals surface area contributed by atoms with E-state index < -0.39 is 0 Å². The lowest BCUT2D eigenvalue weighted by Gasteiger charge is -2.15. The minimum Gasteiger partial charge on any atom is -0.392 e. The minimum absolute atomic E-state index is 0.00515. The smallest absolute Gasteiger partial charge is 0.315 e. The third-order valence-electron chi connectivity index (χ3n) is 4.19. The van der Waals surface area contributed by atoms with E-state index in [1.165, 1.54) is 6.42 Å². The number of amides is 2. The maximum Gasteiger partial charge on any atom is 0.315 e. The zero-order chi connectivity index (χ0) is 15.8. The summed E-state index contributed by atoms with van der Waals surface area (Å²) in [5.41, 5.74) is 1.81. The first-order valence-electron chi connectivity index (χ1n) is 8.14. The van der Waals surface area contributed by atoms with Crippen LogP contribution in [0.15, 0.2) is 24.3 Å². The van der Waals surface area contributed by atoms with Gasteiger partial charge in [0.15, 0.2) is 0 Å². The average molecular weight is 305 g/mol. The van der Waals surface area contributed by atoms with E-state index in [2.05, 4.69) is 22.5 Å². The average Bonchev–Trinajstić information content (AvgIpc) is 2.99. The monoisotopic (exact) mass is 305 g/mol. The van der Waals surface area contributed by atoms with E-state index in [1.807, 2.05) is 24.3 Å². The Morgan fingerprint density at radius 1 is 1.32 bits per heavy atom. The van der Waals surface area contributed by atoms with E-state index in [0.717, 1.165) is 43.7 Å². The van der Waals surface area contributed by atoms with E-state index >= 15 is 0 Å². The lowest BCUT2D eigenvalue weighted by molar-refractivity contribution is 0.237. The molecule has 1 aromatic carbocycles. The van der Waals surface area contributed by atoms with Gasteiger partial charge in [-0.05, 0) is 43.0 Å². The van der Waals surface area contributed by atoms with Gasteiger partial charge in [-0.3, -0.25) is 0 Å². The van der Waals surface area contributed by atoms with Crippen molar-refractivity contribution in [1.82, 2.24) is 15.5 Å². The number of likely N-dealkylation sites (tertiary alicyclic amines) is 1. The molecule has 5 heteroatoms. The van der Waals surface area contributed by atoms with Crippen molar-refractivity contribution in [2.45, 2.75) is 32.9 Å². The number of carbonyl (C=O) groups is 1. The Labute approximate surface area is 132 Å². The van der Waals surface area contributed by atoms with Crippen LogP contribution in [0.3, 0.4) is 0 Å². The number of hydrogen-bond acceptors (Lipinski definition) is 3. The third-order valence-corrected chi connectivity index (χ3v) is 4.19. The summed E-state index contributed by atoms with van der Waals surface area (Å²) >= 11 is 0. The van der Waals surface area contributed by atoms with Gasteiger partial charge in [-0.25, -0.2) is 4.79 Å². The van der Waals surface area contributed by atoms with Gasteiger partial charge in [-0.2, -0.15) is 0 Å². The molecule has 0 aliphatic carbocycles. The first-order chi connectivity index (χ1) is 10.7. The Morgan fingerprint density at radius 2 is 2.09 bits per heavy atom. The molecule has 1 atom stereocenters. The van der Waals surface area contributed by atoms with Crippen LogP contribution in [0.5, 0.6) is 0 Å². The zero-order valence-electron chi connectivity index (χ0n) is 13.3. The van der Waals surface area contributed by atoms with Crippen molar-refractivity contribution in [1.29, 1.82) is 0 Å². The summed E-state index contributed by atoms with van der Waals surface area (Å²) in [5, 5.41) is 15.1. The molecule has 1 aliphatic rings. The summed E-state index contributed by atoms with van der Waals surface area (Å²) in [5.74, 6) is 0.557. The second kappa shape index (κ2) is 8.76. The number of benzene rings is 1. The van der Waals surface area contributed by atoms with Crippen molar-refractivity contribution in [3.8, 4) is 0 Å². The van der Waals surface area contributed by atoms with Crippen LogP contribution in [0.4, 0.5) is 4.79 Å². The quantitative estimate of drug-likeness (QED) is 0.718. The van der Waals surface area contributed by atoms with E-state index in [9.17, 15) is 9.90 Å². The highest BCUT2D eigenvalue weighted by molar-refractivity contribution is 5.73. The van der Waals surface area contributed by atoms with Crippen LogP contribution in [0.1, 0.15) is 30.9 Å². The van der Waals surface area contributed by atoms with Crippen LogP contribution in [-0.4, -0.2) is 42.2 Å². The van der Waals surface area contributed by atoms with Gasteiger partial charge in [0.25, 0.3) is 0 Å². The van der Waals surface area contributed by atoms with Crippen molar-refractivity contribution >= 4 is 6.03 Å². The van der Waals surface area contributed by atoms with E-state index in [0.29, 0.717) is 12.5 Å². The maximum absolute atomic E-state index is 11.9. The van der Waals surface area contributed by atoms with Crippen LogP contribution in [0.25, 0.3) is 0 Å². The molecule has 1 aromatic rings. The molecule has 1 heterocycles. The molecule has 2 amide bonds. The number of nitrogens with zero attached hydrogens (tertiary/aromatic N) is 1. The second-order valence-corrected chi connectivity index (χ2v) is 5.95. The Balaban J connectivity index is 1.68. The summed E-state index contributed by atoms with van der Waals surface area (Å²) in [7, 11) is 0. The molecule has 1 saturated heterocycles. The number of urea groups is 1. The number of carbonyl (C=O) groups excluding carboxylic acids is 1. The van der Waals surface area contributed by atoms with Gasteiger partial charge in [-0.1, -0.05) is 31.2 Å². The Hall–Kier alpha value is -1.59. The predicted molar refractivity (Wildman–Crippen MR) is 87.4 cm³/mol. The van der Waals surface area contributed by atoms with Crippen LogP contribution in [0.2, 0.25) is 0 Å². The molecule has 122 valence electrons. The molecular weight excluding hydrogens is 278 g/mol. The molecule has 1 aliphatic heterocycles. The summed E-state index contributed by atoms with van der Waals surface area (Å²) in [6, 6.07) is 7.45. The number of aliphatic hydroxyl groups excluding tert-OH is 1. The van der Waals surface area contributed by atoms with Crippen LogP contribution >= 0.6 is 0 Å². The molecule has 5 nitrogen and oxygen atoms in total. The molecule has 2 rings (SSSR count). The Kier molecular flexibility index (Phi) is 6.68. The molecule has 0 bridgehead atoms. The van der Waals surface area contributed by atoms with E-state index in [4.69, 9.17) is 0 Å². The third kappa shape index (κ3) is 5.00. The molecule has 0 aromatic heterocycles. The van der Waals surface area contributed by atoms with E-state index in [1.54, 1.807) is 0 Å². The normalized spacial score (nSPS) is 18.4. The molecule has 0 saturated carbocycles. The van der Waals surface area contributed by atoms with Gasteiger partial charge in [-0.15, -0.1) is 0 Å². The van der Waals surface area contributed by atoms with Gasteiger partial charge in [0.2, 0.25) is 0 Å². The fraction of sp³-hybridized carbons (Fsp3) is 0.588. The van der Waals surface area contributed by atoms with Crippen molar-refractivity contribution in [2.75, 3.05) is 26.2 Å². The maximum atomic E-state index is 11.9. The van der Waals surface area contributed by atoms with Gasteiger partial charge in [0.1, 0.15) is 0 Å². The van der Waals surface area contributed by atoms with Gasteiger partial charge in [0.05, 0.1) is 6.61 Å². The topological polar surface area (TPSA) is 64.6 Å². The number of aliphatic hydroxyl groups is 1. The van der Waals surface area contributed by atoms with E-state index in [-0.39, 0.29) is 12.6 Å². The van der Waals surface area contributed by atoms with Crippen LogP contribution in [-0.2, 0) is 13.2 Å². The number of nitrogens with one attached hydrogen (secondary N) is 2. The van der Waals surface area contributed by atoms with Gasteiger partial charge < -0.3 is 20.6 Å². The molecule has 3 N–H and O–H groups in total. The highest BCUT2D eigenvalue weighted by atomic mass is 16.3. The molecule has 1 fully saturated rings.